The zero-order valence-corrected chi connectivity index (χ0v) is 51.9. The van der Waals surface area contributed by atoms with Gasteiger partial charge in [0.05, 0.1) is 0 Å². The minimum atomic E-state index is -0.797. The van der Waals surface area contributed by atoms with Gasteiger partial charge in [-0.15, -0.1) is 0 Å². The van der Waals surface area contributed by atoms with Crippen LogP contribution >= 0.6 is 0 Å². The Balaban J connectivity index is 4.45. The summed E-state index contributed by atoms with van der Waals surface area (Å²) in [5, 5.41) is 0. The minimum Gasteiger partial charge on any atom is -0.462 e. The number of unbranched alkanes of at least 4 members (excludes halogenated alkanes) is 31. The second-order valence-corrected chi connectivity index (χ2v) is 22.0. The van der Waals surface area contributed by atoms with Crippen LogP contribution < -0.4 is 0 Å². The van der Waals surface area contributed by atoms with Crippen LogP contribution in [0.25, 0.3) is 0 Å². The topological polar surface area (TPSA) is 78.9 Å². The summed E-state index contributed by atoms with van der Waals surface area (Å²) in [5.41, 5.74) is 0. The first-order valence-corrected chi connectivity index (χ1v) is 33.4. The molecule has 452 valence electrons. The van der Waals surface area contributed by atoms with Gasteiger partial charge < -0.3 is 14.2 Å². The van der Waals surface area contributed by atoms with Gasteiger partial charge in [-0.2, -0.15) is 0 Å². The molecule has 0 aliphatic rings. The van der Waals surface area contributed by atoms with Gasteiger partial charge in [0.2, 0.25) is 0 Å². The first-order valence-electron chi connectivity index (χ1n) is 33.4. The van der Waals surface area contributed by atoms with Crippen LogP contribution in [-0.4, -0.2) is 37.2 Å². The zero-order chi connectivity index (χ0) is 57.1. The van der Waals surface area contributed by atoms with E-state index in [1.54, 1.807) is 0 Å². The van der Waals surface area contributed by atoms with E-state index < -0.39 is 6.10 Å². The van der Waals surface area contributed by atoms with Crippen molar-refractivity contribution in [3.05, 3.63) is 109 Å². The number of allylic oxidation sites excluding steroid dienone is 18. The van der Waals surface area contributed by atoms with Gasteiger partial charge in [-0.3, -0.25) is 14.4 Å². The van der Waals surface area contributed by atoms with Gasteiger partial charge >= 0.3 is 17.9 Å². The number of esters is 3. The molecular weight excluding hydrogens is 973 g/mol. The van der Waals surface area contributed by atoms with E-state index in [-0.39, 0.29) is 31.1 Å². The molecule has 0 heterocycles. The van der Waals surface area contributed by atoms with Crippen molar-refractivity contribution in [3.63, 3.8) is 0 Å². The quantitative estimate of drug-likeness (QED) is 0.0261. The van der Waals surface area contributed by atoms with Crippen molar-refractivity contribution >= 4 is 17.9 Å². The fourth-order valence-corrected chi connectivity index (χ4v) is 9.24. The number of rotatable bonds is 60. The normalized spacial score (nSPS) is 12.8. The predicted molar refractivity (Wildman–Crippen MR) is 343 cm³/mol. The Bertz CT molecular complexity index is 1590. The zero-order valence-electron chi connectivity index (χ0n) is 51.9. The average molecular weight is 1100 g/mol. The van der Waals surface area contributed by atoms with E-state index in [9.17, 15) is 14.4 Å². The molecule has 1 atom stereocenters. The van der Waals surface area contributed by atoms with Crippen molar-refractivity contribution in [1.29, 1.82) is 0 Å². The molecule has 0 spiro atoms. The van der Waals surface area contributed by atoms with Crippen LogP contribution in [-0.2, 0) is 28.6 Å². The monoisotopic (exact) mass is 1100 g/mol. The Morgan fingerprint density at radius 2 is 0.494 bits per heavy atom. The molecule has 1 unspecified atom stereocenters. The molecule has 6 nitrogen and oxygen atoms in total. The molecule has 0 aliphatic heterocycles. The summed E-state index contributed by atoms with van der Waals surface area (Å²) < 4.78 is 17.0. The predicted octanol–water partition coefficient (Wildman–Crippen LogP) is 23.0. The van der Waals surface area contributed by atoms with Crippen LogP contribution in [0.15, 0.2) is 109 Å². The Labute approximate surface area is 489 Å². The van der Waals surface area contributed by atoms with Gasteiger partial charge in [0.15, 0.2) is 6.10 Å². The molecule has 0 aromatic carbocycles. The van der Waals surface area contributed by atoms with Crippen LogP contribution in [0.2, 0.25) is 0 Å². The largest absolute Gasteiger partial charge is 0.462 e. The van der Waals surface area contributed by atoms with Gasteiger partial charge in [-0.1, -0.05) is 278 Å². The molecule has 0 saturated heterocycles. The van der Waals surface area contributed by atoms with E-state index in [1.807, 2.05) is 0 Å². The SMILES string of the molecule is CC/C=C\C/C=C\C/C=C\C/C=C\C/C=C\CCCCCCCC(=O)OCC(COC(=O)CCCCCCCC/C=C\C/C=C\C/C=C\CCCCC)OC(=O)CCCCCCCCCCC/C=C\CCCCCCCCCC. The smallest absolute Gasteiger partial charge is 0.306 e. The van der Waals surface area contributed by atoms with Crippen LogP contribution in [0.3, 0.4) is 0 Å². The Hall–Kier alpha value is -3.93. The summed E-state index contributed by atoms with van der Waals surface area (Å²) in [6.07, 6.45) is 90.9. The summed E-state index contributed by atoms with van der Waals surface area (Å²) in [4.78, 5) is 38.4. The third-order valence-corrected chi connectivity index (χ3v) is 14.2. The molecule has 0 amide bonds. The lowest BCUT2D eigenvalue weighted by Gasteiger charge is -2.18. The summed E-state index contributed by atoms with van der Waals surface area (Å²) in [6.45, 7) is 6.50. The van der Waals surface area contributed by atoms with E-state index in [0.717, 1.165) is 128 Å². The molecule has 0 radical (unpaired) electrons. The highest BCUT2D eigenvalue weighted by molar-refractivity contribution is 5.71. The lowest BCUT2D eigenvalue weighted by molar-refractivity contribution is -0.167. The highest BCUT2D eigenvalue weighted by Gasteiger charge is 2.19. The van der Waals surface area contributed by atoms with Crippen molar-refractivity contribution < 1.29 is 28.6 Å². The average Bonchev–Trinajstić information content (AvgIpc) is 3.45. The minimum absolute atomic E-state index is 0.0924. The number of carbonyl (C=O) groups is 3. The van der Waals surface area contributed by atoms with E-state index in [1.165, 1.54) is 148 Å². The van der Waals surface area contributed by atoms with E-state index in [0.29, 0.717) is 19.3 Å². The molecule has 0 aliphatic carbocycles. The third-order valence-electron chi connectivity index (χ3n) is 14.2. The van der Waals surface area contributed by atoms with Gasteiger partial charge in [-0.05, 0) is 128 Å². The standard InChI is InChI=1S/C73H124O6/c1-4-7-10-13-16-19-22-25-28-31-34-36-39-42-45-48-51-54-57-60-63-66-72(75)78-69-70(68-77-71(74)65-62-59-56-53-50-47-44-41-38-33-30-27-24-21-18-15-12-9-6-3)79-73(76)67-64-61-58-55-52-49-46-43-40-37-35-32-29-26-23-20-17-14-11-8-5-2/h7,10,16,18-19,21,25,27-28,30,32,34-36,38,41-42,45,70H,4-6,8-9,11-15,17,20,22-24,26,29,31,33,37,39-40,43-44,46-69H2,1-3H3/b10-7-,19-16-,21-18-,28-25-,30-27-,35-32-,36-34-,41-38-,45-42-. The molecule has 79 heavy (non-hydrogen) atoms. The summed E-state index contributed by atoms with van der Waals surface area (Å²) in [5.74, 6) is -0.915. The highest BCUT2D eigenvalue weighted by atomic mass is 16.6. The maximum absolute atomic E-state index is 12.9. The van der Waals surface area contributed by atoms with E-state index >= 15 is 0 Å². The third kappa shape index (κ3) is 64.8. The first kappa shape index (κ1) is 75.1. The molecule has 0 bridgehead atoms. The van der Waals surface area contributed by atoms with Gasteiger partial charge in [0, 0.05) is 19.3 Å². The Kier molecular flexibility index (Phi) is 63.3. The molecule has 0 saturated carbocycles. The lowest BCUT2D eigenvalue weighted by Crippen LogP contribution is -2.30. The van der Waals surface area contributed by atoms with Gasteiger partial charge in [-0.25, -0.2) is 0 Å². The van der Waals surface area contributed by atoms with E-state index in [2.05, 4.69) is 130 Å². The molecular formula is C73H124O6. The van der Waals surface area contributed by atoms with Crippen LogP contribution in [0.5, 0.6) is 0 Å². The summed E-state index contributed by atoms with van der Waals surface area (Å²) in [6, 6.07) is 0. The molecule has 0 aromatic heterocycles. The molecule has 6 heteroatoms. The van der Waals surface area contributed by atoms with Crippen LogP contribution in [0.4, 0.5) is 0 Å². The number of ether oxygens (including phenoxy) is 3. The fraction of sp³-hybridized carbons (Fsp3) is 0.712. The second kappa shape index (κ2) is 66.6. The molecule has 0 N–H and O–H groups in total. The fourth-order valence-electron chi connectivity index (χ4n) is 9.24. The van der Waals surface area contributed by atoms with Crippen molar-refractivity contribution in [3.8, 4) is 0 Å². The van der Waals surface area contributed by atoms with E-state index in [4.69, 9.17) is 14.2 Å². The van der Waals surface area contributed by atoms with Crippen molar-refractivity contribution in [2.75, 3.05) is 13.2 Å². The number of carbonyl (C=O) groups excluding carboxylic acids is 3. The maximum atomic E-state index is 12.9. The first-order chi connectivity index (χ1) is 39.0. The molecule has 0 fully saturated rings. The van der Waals surface area contributed by atoms with Crippen molar-refractivity contribution in [1.82, 2.24) is 0 Å². The maximum Gasteiger partial charge on any atom is 0.306 e. The summed E-state index contributed by atoms with van der Waals surface area (Å²) >= 11 is 0. The number of hydrogen-bond donors (Lipinski definition) is 0. The molecule has 0 aromatic rings. The second-order valence-electron chi connectivity index (χ2n) is 22.0. The highest BCUT2D eigenvalue weighted by Crippen LogP contribution is 2.16. The van der Waals surface area contributed by atoms with Crippen LogP contribution in [0, 0.1) is 0 Å². The Morgan fingerprint density at radius 3 is 0.810 bits per heavy atom. The number of hydrogen-bond acceptors (Lipinski definition) is 6. The molecule has 0 rings (SSSR count). The van der Waals surface area contributed by atoms with Gasteiger partial charge in [0.1, 0.15) is 13.2 Å². The van der Waals surface area contributed by atoms with Gasteiger partial charge in [0.25, 0.3) is 0 Å². The van der Waals surface area contributed by atoms with Crippen molar-refractivity contribution in [2.45, 2.75) is 322 Å². The van der Waals surface area contributed by atoms with Crippen molar-refractivity contribution in [2.24, 2.45) is 0 Å². The Morgan fingerprint density at radius 1 is 0.266 bits per heavy atom. The van der Waals surface area contributed by atoms with Crippen LogP contribution in [0.1, 0.15) is 316 Å². The summed E-state index contributed by atoms with van der Waals surface area (Å²) in [7, 11) is 0. The lowest BCUT2D eigenvalue weighted by atomic mass is 10.1.